The molecule has 9 nitrogen and oxygen atoms in total. The number of hydrogen-bond donors (Lipinski definition) is 1. The molecule has 0 saturated carbocycles. The van der Waals surface area contributed by atoms with Gasteiger partial charge in [0.15, 0.2) is 0 Å². The van der Waals surface area contributed by atoms with Gasteiger partial charge in [-0.1, -0.05) is 0 Å². The molecule has 0 aromatic heterocycles. The number of alkyl halides is 3. The molecule has 1 aliphatic rings. The van der Waals surface area contributed by atoms with E-state index in [1.807, 2.05) is 0 Å². The Kier molecular flexibility index (Phi) is 7.59. The SMILES string of the molecule is CC(=O)N1CCN(c2ccc(C(=O)NC(C)COCC(F)(F)F)cc2[N+](=O)[O-])CC1. The van der Waals surface area contributed by atoms with Crippen LogP contribution in [0.3, 0.4) is 0 Å². The Balaban J connectivity index is 2.04. The van der Waals surface area contributed by atoms with E-state index in [1.165, 1.54) is 26.0 Å². The molecule has 166 valence electrons. The van der Waals surface area contributed by atoms with Crippen LogP contribution in [0.2, 0.25) is 0 Å². The van der Waals surface area contributed by atoms with Crippen molar-refractivity contribution >= 4 is 23.2 Å². The first kappa shape index (κ1) is 23.4. The van der Waals surface area contributed by atoms with Gasteiger partial charge in [-0.3, -0.25) is 19.7 Å². The quantitative estimate of drug-likeness (QED) is 0.522. The number of piperazine rings is 1. The minimum atomic E-state index is -4.46. The standard InChI is InChI=1S/C18H23F3N4O5/c1-12(10-30-11-18(19,20)21)22-17(27)14-3-4-15(16(9-14)25(28)29)24-7-5-23(6-8-24)13(2)26/h3-4,9,12H,5-8,10-11H2,1-2H3,(H,22,27). The number of nitro benzene ring substituents is 1. The van der Waals surface area contributed by atoms with E-state index in [4.69, 9.17) is 0 Å². The highest BCUT2D eigenvalue weighted by Gasteiger charge is 2.28. The first-order chi connectivity index (χ1) is 14.0. The van der Waals surface area contributed by atoms with Gasteiger partial charge in [0.2, 0.25) is 5.91 Å². The molecule has 1 aliphatic heterocycles. The topological polar surface area (TPSA) is 105 Å². The molecule has 1 fully saturated rings. The molecule has 12 heteroatoms. The second-order valence-electron chi connectivity index (χ2n) is 6.96. The van der Waals surface area contributed by atoms with Crippen LogP contribution in [0, 0.1) is 10.1 Å². The highest BCUT2D eigenvalue weighted by Crippen LogP contribution is 2.30. The third kappa shape index (κ3) is 6.58. The van der Waals surface area contributed by atoms with Crippen molar-refractivity contribution in [3.63, 3.8) is 0 Å². The molecule has 1 heterocycles. The maximum absolute atomic E-state index is 12.3. The Morgan fingerprint density at radius 2 is 1.90 bits per heavy atom. The minimum absolute atomic E-state index is 0.00972. The largest absolute Gasteiger partial charge is 0.411 e. The maximum atomic E-state index is 12.3. The van der Waals surface area contributed by atoms with Crippen LogP contribution in [-0.2, 0) is 9.53 Å². The van der Waals surface area contributed by atoms with Crippen molar-refractivity contribution in [3.8, 4) is 0 Å². The summed E-state index contributed by atoms with van der Waals surface area (Å²) in [5.74, 6) is -0.723. The Hall–Kier alpha value is -2.89. The number of ether oxygens (including phenoxy) is 1. The van der Waals surface area contributed by atoms with Crippen LogP contribution in [0.5, 0.6) is 0 Å². The van der Waals surface area contributed by atoms with Crippen LogP contribution in [0.15, 0.2) is 18.2 Å². The van der Waals surface area contributed by atoms with Crippen LogP contribution >= 0.6 is 0 Å². The van der Waals surface area contributed by atoms with Crippen LogP contribution in [0.1, 0.15) is 24.2 Å². The lowest BCUT2D eigenvalue weighted by Gasteiger charge is -2.35. The fourth-order valence-electron chi connectivity index (χ4n) is 3.04. The molecule has 0 bridgehead atoms. The van der Waals surface area contributed by atoms with Gasteiger partial charge in [-0.15, -0.1) is 0 Å². The first-order valence-corrected chi connectivity index (χ1v) is 9.22. The van der Waals surface area contributed by atoms with Crippen LogP contribution in [0.4, 0.5) is 24.5 Å². The summed E-state index contributed by atoms with van der Waals surface area (Å²) in [5.41, 5.74) is 0.0803. The molecule has 1 N–H and O–H groups in total. The van der Waals surface area contributed by atoms with Gasteiger partial charge in [0, 0.05) is 50.8 Å². The molecule has 0 aliphatic carbocycles. The molecular formula is C18H23F3N4O5. The van der Waals surface area contributed by atoms with E-state index in [0.29, 0.717) is 31.9 Å². The Bertz CT molecular complexity index is 795. The lowest BCUT2D eigenvalue weighted by molar-refractivity contribution is -0.384. The number of nitrogens with one attached hydrogen (secondary N) is 1. The first-order valence-electron chi connectivity index (χ1n) is 9.22. The van der Waals surface area contributed by atoms with Crippen molar-refractivity contribution in [2.24, 2.45) is 0 Å². The number of anilines is 1. The van der Waals surface area contributed by atoms with Crippen LogP contribution in [0.25, 0.3) is 0 Å². The van der Waals surface area contributed by atoms with Gasteiger partial charge in [-0.25, -0.2) is 0 Å². The monoisotopic (exact) mass is 432 g/mol. The van der Waals surface area contributed by atoms with Crippen LogP contribution in [-0.4, -0.2) is 73.2 Å². The molecule has 1 aromatic carbocycles. The zero-order valence-corrected chi connectivity index (χ0v) is 16.6. The summed E-state index contributed by atoms with van der Waals surface area (Å²) in [7, 11) is 0. The second-order valence-corrected chi connectivity index (χ2v) is 6.96. The molecule has 30 heavy (non-hydrogen) atoms. The number of nitro groups is 1. The molecule has 1 saturated heterocycles. The maximum Gasteiger partial charge on any atom is 0.411 e. The summed E-state index contributed by atoms with van der Waals surface area (Å²) in [5, 5.41) is 14.0. The number of rotatable bonds is 7. The van der Waals surface area contributed by atoms with Crippen molar-refractivity contribution in [1.82, 2.24) is 10.2 Å². The van der Waals surface area contributed by atoms with Gasteiger partial charge < -0.3 is 19.9 Å². The number of halogens is 3. The summed E-state index contributed by atoms with van der Waals surface area (Å²) in [4.78, 5) is 38.1. The van der Waals surface area contributed by atoms with Crippen molar-refractivity contribution in [3.05, 3.63) is 33.9 Å². The van der Waals surface area contributed by atoms with Crippen molar-refractivity contribution in [1.29, 1.82) is 0 Å². The van der Waals surface area contributed by atoms with Crippen molar-refractivity contribution in [2.75, 3.05) is 44.3 Å². The minimum Gasteiger partial charge on any atom is -0.370 e. The molecule has 0 spiro atoms. The van der Waals surface area contributed by atoms with Gasteiger partial charge in [-0.05, 0) is 19.1 Å². The number of carbonyl (C=O) groups is 2. The Morgan fingerprint density at radius 3 is 2.43 bits per heavy atom. The Labute approximate surface area is 170 Å². The van der Waals surface area contributed by atoms with Gasteiger partial charge in [0.1, 0.15) is 12.3 Å². The number of benzene rings is 1. The van der Waals surface area contributed by atoms with E-state index >= 15 is 0 Å². The third-order valence-electron chi connectivity index (χ3n) is 4.51. The summed E-state index contributed by atoms with van der Waals surface area (Å²) in [6.45, 7) is 2.84. The predicted octanol–water partition coefficient (Wildman–Crippen LogP) is 1.96. The van der Waals surface area contributed by atoms with E-state index in [1.54, 1.807) is 9.80 Å². The normalized spacial score (nSPS) is 15.6. The number of nitrogens with zero attached hydrogens (tertiary/aromatic N) is 3. The number of hydrogen-bond acceptors (Lipinski definition) is 6. The van der Waals surface area contributed by atoms with Gasteiger partial charge >= 0.3 is 6.18 Å². The Morgan fingerprint density at radius 1 is 1.27 bits per heavy atom. The van der Waals surface area contributed by atoms with E-state index < -0.39 is 29.7 Å². The van der Waals surface area contributed by atoms with Crippen molar-refractivity contribution in [2.45, 2.75) is 26.1 Å². The summed E-state index contributed by atoms with van der Waals surface area (Å²) in [6, 6.07) is 3.28. The lowest BCUT2D eigenvalue weighted by atomic mass is 10.1. The zero-order valence-electron chi connectivity index (χ0n) is 16.6. The van der Waals surface area contributed by atoms with E-state index in [9.17, 15) is 32.9 Å². The van der Waals surface area contributed by atoms with E-state index in [2.05, 4.69) is 10.1 Å². The molecule has 1 atom stereocenters. The van der Waals surface area contributed by atoms with E-state index in [0.717, 1.165) is 6.07 Å². The zero-order chi connectivity index (χ0) is 22.5. The van der Waals surface area contributed by atoms with E-state index in [-0.39, 0.29) is 23.8 Å². The number of carbonyl (C=O) groups excluding carboxylic acids is 2. The predicted molar refractivity (Wildman–Crippen MR) is 101 cm³/mol. The number of amides is 2. The van der Waals surface area contributed by atoms with Crippen LogP contribution < -0.4 is 10.2 Å². The molecule has 2 amide bonds. The highest BCUT2D eigenvalue weighted by molar-refractivity contribution is 5.96. The summed E-state index contributed by atoms with van der Waals surface area (Å²) < 4.78 is 40.8. The summed E-state index contributed by atoms with van der Waals surface area (Å²) >= 11 is 0. The van der Waals surface area contributed by atoms with Gasteiger partial charge in [-0.2, -0.15) is 13.2 Å². The molecule has 2 rings (SSSR count). The van der Waals surface area contributed by atoms with Crippen molar-refractivity contribution < 1.29 is 32.4 Å². The van der Waals surface area contributed by atoms with Gasteiger partial charge in [0.25, 0.3) is 11.6 Å². The average molecular weight is 432 g/mol. The smallest absolute Gasteiger partial charge is 0.370 e. The van der Waals surface area contributed by atoms with Gasteiger partial charge in [0.05, 0.1) is 11.5 Å². The lowest BCUT2D eigenvalue weighted by Crippen LogP contribution is -2.48. The molecule has 1 aromatic rings. The third-order valence-corrected chi connectivity index (χ3v) is 4.51. The molecular weight excluding hydrogens is 409 g/mol. The fraction of sp³-hybridized carbons (Fsp3) is 0.556. The average Bonchev–Trinajstić information content (AvgIpc) is 2.66. The second kappa shape index (κ2) is 9.74. The molecule has 0 radical (unpaired) electrons. The highest BCUT2D eigenvalue weighted by atomic mass is 19.4. The summed E-state index contributed by atoms with van der Waals surface area (Å²) in [6.07, 6.45) is -4.46. The molecule has 1 unspecified atom stereocenters. The fourth-order valence-corrected chi connectivity index (χ4v) is 3.04.